The Hall–Kier alpha value is -4.04. The van der Waals surface area contributed by atoms with Gasteiger partial charge in [0.05, 0.1) is 16.3 Å². The second-order valence-electron chi connectivity index (χ2n) is 7.00. The van der Waals surface area contributed by atoms with Crippen LogP contribution in [0.3, 0.4) is 0 Å². The molecule has 5 rings (SSSR count). The molecular weight excluding hydrogens is 410 g/mol. The second-order valence-corrected chi connectivity index (χ2v) is 8.00. The molecule has 152 valence electrons. The highest BCUT2D eigenvalue weighted by atomic mass is 32.1. The number of aromatic nitrogens is 3. The molecule has 0 aliphatic rings. The maximum absolute atomic E-state index is 12.8. The van der Waals surface area contributed by atoms with Crippen molar-refractivity contribution in [2.24, 2.45) is 4.99 Å². The van der Waals surface area contributed by atoms with Crippen molar-refractivity contribution in [3.8, 4) is 16.9 Å². The number of pyridine rings is 1. The predicted molar refractivity (Wildman–Crippen MR) is 118 cm³/mol. The number of rotatable bonds is 4. The molecule has 0 radical (unpaired) electrons. The summed E-state index contributed by atoms with van der Waals surface area (Å²) in [7, 11) is 0. The summed E-state index contributed by atoms with van der Waals surface area (Å²) in [4.78, 5) is 9.74. The molecule has 0 saturated carbocycles. The van der Waals surface area contributed by atoms with Crippen molar-refractivity contribution in [3.63, 3.8) is 0 Å². The van der Waals surface area contributed by atoms with Gasteiger partial charge in [-0.2, -0.15) is 0 Å². The first-order valence-electron chi connectivity index (χ1n) is 9.55. The smallest absolute Gasteiger partial charge is 0.321 e. The van der Waals surface area contributed by atoms with Gasteiger partial charge in [-0.25, -0.2) is 9.98 Å². The van der Waals surface area contributed by atoms with Gasteiger partial charge in [-0.3, -0.25) is 4.52 Å². The summed E-state index contributed by atoms with van der Waals surface area (Å²) >= 11 is 1.22. The van der Waals surface area contributed by atoms with Gasteiger partial charge in [0.1, 0.15) is 4.83 Å². The molecule has 0 fully saturated rings. The van der Waals surface area contributed by atoms with Gasteiger partial charge in [-0.1, -0.05) is 48.0 Å². The van der Waals surface area contributed by atoms with Crippen LogP contribution in [0, 0.1) is 6.92 Å². The SMILES string of the molecule is Cc1ccc(-c2ccc3c(N)c(/C([O-])=N/c4c[n+](-c5ccccc5)no4)sc3n2)cc1. The molecule has 0 aliphatic heterocycles. The minimum Gasteiger partial charge on any atom is -0.857 e. The summed E-state index contributed by atoms with van der Waals surface area (Å²) in [6.45, 7) is 2.04. The van der Waals surface area contributed by atoms with Crippen molar-refractivity contribution < 1.29 is 14.3 Å². The van der Waals surface area contributed by atoms with Crippen LogP contribution in [0.2, 0.25) is 0 Å². The quantitative estimate of drug-likeness (QED) is 0.268. The van der Waals surface area contributed by atoms with Crippen molar-refractivity contribution in [3.05, 3.63) is 83.4 Å². The van der Waals surface area contributed by atoms with Crippen molar-refractivity contribution in [2.75, 3.05) is 5.73 Å². The Morgan fingerprint density at radius 3 is 2.61 bits per heavy atom. The molecular formula is C23H17N5O2S. The lowest BCUT2D eigenvalue weighted by molar-refractivity contribution is -0.670. The Balaban J connectivity index is 1.49. The summed E-state index contributed by atoms with van der Waals surface area (Å²) in [6, 6.07) is 21.3. The van der Waals surface area contributed by atoms with E-state index in [4.69, 9.17) is 15.2 Å². The lowest BCUT2D eigenvalue weighted by Crippen LogP contribution is -2.30. The number of thiophene rings is 1. The van der Waals surface area contributed by atoms with E-state index in [2.05, 4.69) is 10.3 Å². The average molecular weight is 427 g/mol. The van der Waals surface area contributed by atoms with Crippen molar-refractivity contribution >= 4 is 39.0 Å². The molecule has 0 amide bonds. The molecule has 3 aromatic heterocycles. The van der Waals surface area contributed by atoms with Gasteiger partial charge in [-0.15, -0.1) is 11.3 Å². The van der Waals surface area contributed by atoms with Gasteiger partial charge in [0.15, 0.2) is 0 Å². The fourth-order valence-electron chi connectivity index (χ4n) is 3.18. The van der Waals surface area contributed by atoms with E-state index >= 15 is 0 Å². The van der Waals surface area contributed by atoms with Crippen LogP contribution in [0.15, 0.2) is 82.4 Å². The Labute approximate surface area is 181 Å². The summed E-state index contributed by atoms with van der Waals surface area (Å²) in [6.07, 6.45) is 1.55. The molecule has 0 aliphatic carbocycles. The number of anilines is 1. The monoisotopic (exact) mass is 427 g/mol. The lowest BCUT2D eigenvalue weighted by Gasteiger charge is -2.06. The highest BCUT2D eigenvalue weighted by Gasteiger charge is 2.16. The Morgan fingerprint density at radius 2 is 1.84 bits per heavy atom. The van der Waals surface area contributed by atoms with Crippen LogP contribution in [0.1, 0.15) is 10.4 Å². The van der Waals surface area contributed by atoms with Crippen LogP contribution in [0.4, 0.5) is 11.6 Å². The number of nitrogens with two attached hydrogens (primary N) is 1. The Morgan fingerprint density at radius 1 is 1.06 bits per heavy atom. The van der Waals surface area contributed by atoms with Crippen molar-refractivity contribution in [1.82, 2.24) is 10.3 Å². The summed E-state index contributed by atoms with van der Waals surface area (Å²) in [5.41, 5.74) is 10.4. The van der Waals surface area contributed by atoms with Gasteiger partial charge in [0, 0.05) is 29.0 Å². The third-order valence-electron chi connectivity index (χ3n) is 4.82. The fourth-order valence-corrected chi connectivity index (χ4v) is 4.16. The molecule has 8 heteroatoms. The van der Waals surface area contributed by atoms with E-state index in [0.29, 0.717) is 15.4 Å². The second kappa shape index (κ2) is 7.66. The number of aliphatic imine (C=N–C) groups is 1. The number of aryl methyl sites for hydroxylation is 1. The van der Waals surface area contributed by atoms with Gasteiger partial charge >= 0.3 is 5.88 Å². The predicted octanol–water partition coefficient (Wildman–Crippen LogP) is 3.56. The van der Waals surface area contributed by atoms with Crippen LogP contribution in [0.25, 0.3) is 27.2 Å². The van der Waals surface area contributed by atoms with Gasteiger partial charge in [0.2, 0.25) is 11.0 Å². The largest absolute Gasteiger partial charge is 0.857 e. The minimum absolute atomic E-state index is 0.0963. The first-order valence-corrected chi connectivity index (χ1v) is 10.4. The molecule has 3 heterocycles. The van der Waals surface area contributed by atoms with Gasteiger partial charge < -0.3 is 10.8 Å². The summed E-state index contributed by atoms with van der Waals surface area (Å²) in [5.74, 6) is -0.396. The van der Waals surface area contributed by atoms with E-state index in [-0.39, 0.29) is 5.88 Å². The van der Waals surface area contributed by atoms with E-state index in [1.807, 2.05) is 73.7 Å². The summed E-state index contributed by atoms with van der Waals surface area (Å²) < 4.78 is 6.70. The number of nitrogen functional groups attached to an aromatic ring is 1. The number of hydrogen-bond acceptors (Lipinski definition) is 7. The van der Waals surface area contributed by atoms with E-state index < -0.39 is 5.90 Å². The Bertz CT molecular complexity index is 1410. The van der Waals surface area contributed by atoms with Crippen molar-refractivity contribution in [2.45, 2.75) is 6.92 Å². The number of benzene rings is 2. The van der Waals surface area contributed by atoms with Crippen LogP contribution in [-0.4, -0.2) is 16.2 Å². The number of nitrogens with zero attached hydrogens (tertiary/aromatic N) is 4. The summed E-state index contributed by atoms with van der Waals surface area (Å²) in [5, 5.41) is 17.4. The first-order chi connectivity index (χ1) is 15.1. The van der Waals surface area contributed by atoms with Crippen LogP contribution >= 0.6 is 11.3 Å². The topological polar surface area (TPSA) is 104 Å². The van der Waals surface area contributed by atoms with Crippen LogP contribution < -0.4 is 15.5 Å². The molecule has 5 aromatic rings. The maximum atomic E-state index is 12.8. The van der Waals surface area contributed by atoms with Gasteiger partial charge in [-0.05, 0) is 23.7 Å². The lowest BCUT2D eigenvalue weighted by atomic mass is 10.1. The normalized spacial score (nSPS) is 11.8. The fraction of sp³-hybridized carbons (Fsp3) is 0.0435. The zero-order valence-electron chi connectivity index (χ0n) is 16.5. The Kier molecular flexibility index (Phi) is 4.68. The molecule has 0 saturated heterocycles. The minimum atomic E-state index is -0.492. The molecule has 0 unspecified atom stereocenters. The highest BCUT2D eigenvalue weighted by molar-refractivity contribution is 7.21. The van der Waals surface area contributed by atoms with Gasteiger partial charge in [0.25, 0.3) is 6.20 Å². The number of hydrogen-bond donors (Lipinski definition) is 1. The molecule has 0 bridgehead atoms. The molecule has 2 aromatic carbocycles. The zero-order valence-corrected chi connectivity index (χ0v) is 17.3. The molecule has 0 spiro atoms. The molecule has 0 atom stereocenters. The van der Waals surface area contributed by atoms with E-state index in [9.17, 15) is 5.11 Å². The first kappa shape index (κ1) is 19.0. The third kappa shape index (κ3) is 3.64. The standard InChI is InChI=1S/C23H17N5O2S/c1-14-7-9-15(10-8-14)18-12-11-17-20(24)21(31-23(17)25-18)22(29)26-19-13-28(27-30-19)16-5-3-2-4-6-16/h2-13H,1H3,(H2-,24,26,27,29). The number of fused-ring (bicyclic) bond motifs is 1. The van der Waals surface area contributed by atoms with E-state index in [1.165, 1.54) is 21.6 Å². The maximum Gasteiger partial charge on any atom is 0.321 e. The average Bonchev–Trinajstić information content (AvgIpc) is 3.39. The zero-order chi connectivity index (χ0) is 21.4. The van der Waals surface area contributed by atoms with E-state index in [0.717, 1.165) is 22.3 Å². The molecule has 7 nitrogen and oxygen atoms in total. The van der Waals surface area contributed by atoms with E-state index in [1.54, 1.807) is 6.20 Å². The molecule has 2 N–H and O–H groups in total. The van der Waals surface area contributed by atoms with Crippen molar-refractivity contribution in [1.29, 1.82) is 0 Å². The number of para-hydroxylation sites is 1. The highest BCUT2D eigenvalue weighted by Crippen LogP contribution is 2.34. The third-order valence-corrected chi connectivity index (χ3v) is 5.93. The van der Waals surface area contributed by atoms with Crippen LogP contribution in [0.5, 0.6) is 0 Å². The molecule has 31 heavy (non-hydrogen) atoms. The van der Waals surface area contributed by atoms with Crippen LogP contribution in [-0.2, 0) is 0 Å².